The third-order valence-electron chi connectivity index (χ3n) is 5.95. The van der Waals surface area contributed by atoms with Crippen molar-refractivity contribution in [2.24, 2.45) is 0 Å². The van der Waals surface area contributed by atoms with Gasteiger partial charge in [0.25, 0.3) is 0 Å². The van der Waals surface area contributed by atoms with Gasteiger partial charge in [0, 0.05) is 29.1 Å². The quantitative estimate of drug-likeness (QED) is 0.541. The van der Waals surface area contributed by atoms with E-state index >= 15 is 0 Å². The lowest BCUT2D eigenvalue weighted by molar-refractivity contribution is -0.141. The summed E-state index contributed by atoms with van der Waals surface area (Å²) in [6, 6.07) is 14.6. The van der Waals surface area contributed by atoms with E-state index in [1.165, 1.54) is 6.42 Å². The van der Waals surface area contributed by atoms with Gasteiger partial charge >= 0.3 is 0 Å². The van der Waals surface area contributed by atoms with Crippen molar-refractivity contribution in [3.05, 3.63) is 69.7 Å². The fraction of sp³-hybridized carbons (Fsp3) is 0.440. The normalized spacial score (nSPS) is 15.3. The summed E-state index contributed by atoms with van der Waals surface area (Å²) in [5, 5.41) is 4.45. The Kier molecular flexibility index (Phi) is 8.79. The van der Waals surface area contributed by atoms with Crippen LogP contribution in [0.4, 0.5) is 0 Å². The molecule has 0 spiro atoms. The van der Waals surface area contributed by atoms with Crippen LogP contribution >= 0.6 is 23.2 Å². The van der Waals surface area contributed by atoms with Crippen molar-refractivity contribution >= 4 is 35.0 Å². The minimum atomic E-state index is -0.559. The van der Waals surface area contributed by atoms with Gasteiger partial charge in [-0.25, -0.2) is 0 Å². The lowest BCUT2D eigenvalue weighted by Crippen LogP contribution is -2.50. The Labute approximate surface area is 194 Å². The van der Waals surface area contributed by atoms with E-state index < -0.39 is 6.04 Å². The van der Waals surface area contributed by atoms with E-state index in [4.69, 9.17) is 23.2 Å². The molecular weight excluding hydrogens is 431 g/mol. The number of carbonyl (C=O) groups is 2. The summed E-state index contributed by atoms with van der Waals surface area (Å²) in [5.74, 6) is -0.159. The zero-order chi connectivity index (χ0) is 22.2. The summed E-state index contributed by atoms with van der Waals surface area (Å²) in [7, 11) is 0. The molecule has 2 amide bonds. The minimum absolute atomic E-state index is 0.0684. The fourth-order valence-electron chi connectivity index (χ4n) is 4.02. The van der Waals surface area contributed by atoms with Gasteiger partial charge in [0.05, 0.1) is 0 Å². The molecule has 2 aromatic carbocycles. The summed E-state index contributed by atoms with van der Waals surface area (Å²) in [6.07, 6.45) is 6.36. The van der Waals surface area contributed by atoms with E-state index in [9.17, 15) is 9.59 Å². The maximum atomic E-state index is 13.2. The fourth-order valence-corrected chi connectivity index (χ4v) is 4.38. The maximum Gasteiger partial charge on any atom is 0.242 e. The summed E-state index contributed by atoms with van der Waals surface area (Å²) in [5.41, 5.74) is 1.87. The van der Waals surface area contributed by atoms with Crippen molar-refractivity contribution < 1.29 is 9.59 Å². The summed E-state index contributed by atoms with van der Waals surface area (Å²) in [4.78, 5) is 27.9. The lowest BCUT2D eigenvalue weighted by atomic mass is 9.95. The third kappa shape index (κ3) is 6.98. The number of hydrogen-bond donors (Lipinski definition) is 1. The Bertz CT molecular complexity index is 879. The Morgan fingerprint density at radius 3 is 2.39 bits per heavy atom. The van der Waals surface area contributed by atoms with Crippen LogP contribution in [0.3, 0.4) is 0 Å². The molecular formula is C25H30Cl2N2O2. The molecule has 1 unspecified atom stereocenters. The molecule has 0 aromatic heterocycles. The van der Waals surface area contributed by atoms with Gasteiger partial charge in [-0.3, -0.25) is 9.59 Å². The Balaban J connectivity index is 1.70. The van der Waals surface area contributed by atoms with Crippen LogP contribution in [0.1, 0.15) is 56.6 Å². The highest BCUT2D eigenvalue weighted by Crippen LogP contribution is 2.20. The monoisotopic (exact) mass is 460 g/mol. The molecule has 0 heterocycles. The second kappa shape index (κ2) is 11.5. The summed E-state index contributed by atoms with van der Waals surface area (Å²) < 4.78 is 0. The lowest BCUT2D eigenvalue weighted by Gasteiger charge is -2.31. The van der Waals surface area contributed by atoms with Crippen LogP contribution in [0.5, 0.6) is 0 Å². The SMILES string of the molecule is CC(C(=O)NC1CCCCC1)N(Cc1ccc(Cl)cc1)C(=O)CCc1ccccc1Cl. The molecule has 0 radical (unpaired) electrons. The van der Waals surface area contributed by atoms with Gasteiger partial charge in [-0.1, -0.05) is 72.8 Å². The second-order valence-electron chi connectivity index (χ2n) is 8.26. The van der Waals surface area contributed by atoms with Crippen LogP contribution in [-0.4, -0.2) is 28.8 Å². The molecule has 3 rings (SSSR count). The number of aryl methyl sites for hydroxylation is 1. The molecule has 6 heteroatoms. The van der Waals surface area contributed by atoms with Crippen LogP contribution in [0.25, 0.3) is 0 Å². The Morgan fingerprint density at radius 1 is 1.03 bits per heavy atom. The van der Waals surface area contributed by atoms with Crippen LogP contribution in [0, 0.1) is 0 Å². The molecule has 31 heavy (non-hydrogen) atoms. The molecule has 1 saturated carbocycles. The van der Waals surface area contributed by atoms with Gasteiger partial charge < -0.3 is 10.2 Å². The smallest absolute Gasteiger partial charge is 0.242 e. The molecule has 1 N–H and O–H groups in total. The van der Waals surface area contributed by atoms with Crippen molar-refractivity contribution in [1.29, 1.82) is 0 Å². The van der Waals surface area contributed by atoms with Crippen molar-refractivity contribution in [3.8, 4) is 0 Å². The van der Waals surface area contributed by atoms with Gasteiger partial charge in [0.15, 0.2) is 0 Å². The first kappa shape index (κ1) is 23.6. The predicted octanol–water partition coefficient (Wildman–Crippen LogP) is 5.79. The van der Waals surface area contributed by atoms with Crippen molar-refractivity contribution in [1.82, 2.24) is 10.2 Å². The second-order valence-corrected chi connectivity index (χ2v) is 9.10. The van der Waals surface area contributed by atoms with Gasteiger partial charge in [-0.15, -0.1) is 0 Å². The molecule has 2 aromatic rings. The molecule has 0 aliphatic heterocycles. The van der Waals surface area contributed by atoms with Crippen LogP contribution in [0.2, 0.25) is 10.0 Å². The van der Waals surface area contributed by atoms with Gasteiger partial charge in [-0.05, 0) is 55.5 Å². The molecule has 0 saturated heterocycles. The largest absolute Gasteiger partial charge is 0.352 e. The van der Waals surface area contributed by atoms with Crippen LogP contribution in [0.15, 0.2) is 48.5 Å². The number of rotatable bonds is 8. The molecule has 4 nitrogen and oxygen atoms in total. The zero-order valence-electron chi connectivity index (χ0n) is 17.9. The first-order valence-electron chi connectivity index (χ1n) is 11.0. The van der Waals surface area contributed by atoms with E-state index in [-0.39, 0.29) is 17.9 Å². The average molecular weight is 461 g/mol. The molecule has 166 valence electrons. The number of carbonyl (C=O) groups excluding carboxylic acids is 2. The standard InChI is InChI=1S/C25H30Cl2N2O2/c1-18(25(31)28-22-8-3-2-4-9-22)29(17-19-11-14-21(26)15-12-19)24(30)16-13-20-7-5-6-10-23(20)27/h5-7,10-12,14-15,18,22H,2-4,8-9,13,16-17H2,1H3,(H,28,31). The highest BCUT2D eigenvalue weighted by Gasteiger charge is 2.28. The highest BCUT2D eigenvalue weighted by atomic mass is 35.5. The first-order chi connectivity index (χ1) is 14.9. The number of hydrogen-bond acceptors (Lipinski definition) is 2. The molecule has 0 bridgehead atoms. The van der Waals surface area contributed by atoms with Crippen LogP contribution in [-0.2, 0) is 22.6 Å². The van der Waals surface area contributed by atoms with Gasteiger partial charge in [0.2, 0.25) is 11.8 Å². The number of halogens is 2. The number of nitrogens with zero attached hydrogens (tertiary/aromatic N) is 1. The molecule has 1 atom stereocenters. The highest BCUT2D eigenvalue weighted by molar-refractivity contribution is 6.31. The molecule has 1 aliphatic rings. The molecule has 1 fully saturated rings. The Hall–Kier alpha value is -2.04. The van der Waals surface area contributed by atoms with E-state index in [0.717, 1.165) is 36.8 Å². The van der Waals surface area contributed by atoms with E-state index in [1.807, 2.05) is 43.3 Å². The minimum Gasteiger partial charge on any atom is -0.352 e. The van der Waals surface area contributed by atoms with Crippen LogP contribution < -0.4 is 5.32 Å². The maximum absolute atomic E-state index is 13.2. The Morgan fingerprint density at radius 2 is 1.71 bits per heavy atom. The summed E-state index contributed by atoms with van der Waals surface area (Å²) >= 11 is 12.3. The van der Waals surface area contributed by atoms with Crippen molar-refractivity contribution in [3.63, 3.8) is 0 Å². The third-order valence-corrected chi connectivity index (χ3v) is 6.57. The topological polar surface area (TPSA) is 49.4 Å². The molecule has 1 aliphatic carbocycles. The number of amides is 2. The van der Waals surface area contributed by atoms with Crippen molar-refractivity contribution in [2.75, 3.05) is 0 Å². The zero-order valence-corrected chi connectivity index (χ0v) is 19.5. The summed E-state index contributed by atoms with van der Waals surface area (Å²) in [6.45, 7) is 2.17. The van der Waals surface area contributed by atoms with E-state index in [0.29, 0.717) is 29.4 Å². The van der Waals surface area contributed by atoms with E-state index in [2.05, 4.69) is 5.32 Å². The van der Waals surface area contributed by atoms with Gasteiger partial charge in [0.1, 0.15) is 6.04 Å². The number of benzene rings is 2. The first-order valence-corrected chi connectivity index (χ1v) is 11.8. The average Bonchev–Trinajstić information content (AvgIpc) is 2.78. The predicted molar refractivity (Wildman–Crippen MR) is 126 cm³/mol. The van der Waals surface area contributed by atoms with E-state index in [1.54, 1.807) is 17.0 Å². The number of nitrogens with one attached hydrogen (secondary N) is 1. The van der Waals surface area contributed by atoms with Gasteiger partial charge in [-0.2, -0.15) is 0 Å². The van der Waals surface area contributed by atoms with Crippen molar-refractivity contribution in [2.45, 2.75) is 70.5 Å².